The van der Waals surface area contributed by atoms with Gasteiger partial charge in [0.25, 0.3) is 0 Å². The van der Waals surface area contributed by atoms with Crippen LogP contribution in [0.3, 0.4) is 0 Å². The van der Waals surface area contributed by atoms with Crippen molar-refractivity contribution in [2.24, 2.45) is 28.7 Å². The van der Waals surface area contributed by atoms with E-state index in [4.69, 9.17) is 0 Å². The number of allylic oxidation sites excluding steroid dienone is 2. The van der Waals surface area contributed by atoms with Crippen molar-refractivity contribution in [2.75, 3.05) is 40.3 Å². The molecule has 1 saturated carbocycles. The molecular formula is C24H32FN5O2. The number of carbonyl (C=O) groups excluding carboxylic acids is 2. The van der Waals surface area contributed by atoms with Crippen LogP contribution in [-0.2, 0) is 9.59 Å². The molecule has 2 fully saturated rings. The van der Waals surface area contributed by atoms with Crippen LogP contribution in [0.1, 0.15) is 24.9 Å². The lowest BCUT2D eigenvalue weighted by Crippen LogP contribution is -2.44. The van der Waals surface area contributed by atoms with Gasteiger partial charge in [0, 0.05) is 19.6 Å². The van der Waals surface area contributed by atoms with Gasteiger partial charge in [-0.05, 0) is 57.0 Å². The Morgan fingerprint density at radius 2 is 1.88 bits per heavy atom. The lowest BCUT2D eigenvalue weighted by Gasteiger charge is -2.24. The normalized spacial score (nSPS) is 27.4. The zero-order valence-electron chi connectivity index (χ0n) is 18.9. The maximum Gasteiger partial charge on any atom is 0.233 e. The van der Waals surface area contributed by atoms with Crippen molar-refractivity contribution in [2.45, 2.75) is 19.4 Å². The number of aliphatic imine (C=N–C) groups is 1. The van der Waals surface area contributed by atoms with Crippen LogP contribution in [0.15, 0.2) is 41.4 Å². The van der Waals surface area contributed by atoms with Gasteiger partial charge >= 0.3 is 0 Å². The van der Waals surface area contributed by atoms with Gasteiger partial charge in [0.05, 0.1) is 24.4 Å². The highest BCUT2D eigenvalue weighted by Crippen LogP contribution is 2.52. The van der Waals surface area contributed by atoms with E-state index in [9.17, 15) is 14.0 Å². The number of nitrogens with one attached hydrogen (secondary N) is 2. The average molecular weight is 442 g/mol. The SMILES string of the molecule is CCNC(=NCC(c1cccc(F)c1)N(C)C)NCCN1C(=O)C2C3C=CC(C3)C2C1=O. The summed E-state index contributed by atoms with van der Waals surface area (Å²) in [6.45, 7) is 3.85. The minimum atomic E-state index is -0.267. The third-order valence-electron chi connectivity index (χ3n) is 6.81. The van der Waals surface area contributed by atoms with Crippen LogP contribution in [0.4, 0.5) is 4.39 Å². The van der Waals surface area contributed by atoms with Crippen molar-refractivity contribution < 1.29 is 14.0 Å². The summed E-state index contributed by atoms with van der Waals surface area (Å²) in [5.74, 6) is 0.415. The first-order chi connectivity index (χ1) is 15.4. The predicted molar refractivity (Wildman–Crippen MR) is 121 cm³/mol. The van der Waals surface area contributed by atoms with E-state index in [0.717, 1.165) is 12.0 Å². The number of amides is 2. The number of fused-ring (bicyclic) bond motifs is 5. The molecule has 5 atom stereocenters. The molecule has 7 nitrogen and oxygen atoms in total. The second-order valence-corrected chi connectivity index (χ2v) is 9.01. The summed E-state index contributed by atoms with van der Waals surface area (Å²) in [7, 11) is 3.88. The minimum absolute atomic E-state index is 0.0284. The first-order valence-electron chi connectivity index (χ1n) is 11.4. The molecule has 1 aliphatic heterocycles. The third kappa shape index (κ3) is 4.28. The zero-order valence-corrected chi connectivity index (χ0v) is 18.9. The van der Waals surface area contributed by atoms with Gasteiger partial charge in [0.1, 0.15) is 5.82 Å². The van der Waals surface area contributed by atoms with Gasteiger partial charge in [-0.15, -0.1) is 0 Å². The van der Waals surface area contributed by atoms with Crippen LogP contribution < -0.4 is 10.6 Å². The fraction of sp³-hybridized carbons (Fsp3) is 0.542. The van der Waals surface area contributed by atoms with E-state index >= 15 is 0 Å². The molecule has 3 aliphatic rings. The fourth-order valence-electron chi connectivity index (χ4n) is 5.27. The van der Waals surface area contributed by atoms with Gasteiger partial charge in [0.2, 0.25) is 11.8 Å². The highest BCUT2D eigenvalue weighted by molar-refractivity contribution is 6.06. The predicted octanol–water partition coefficient (Wildman–Crippen LogP) is 1.79. The number of hydrogen-bond donors (Lipinski definition) is 2. The van der Waals surface area contributed by atoms with Crippen molar-refractivity contribution in [1.82, 2.24) is 20.4 Å². The summed E-state index contributed by atoms with van der Waals surface area (Å²) in [6.07, 6.45) is 5.15. The van der Waals surface area contributed by atoms with Gasteiger partial charge in [-0.3, -0.25) is 19.5 Å². The van der Waals surface area contributed by atoms with E-state index in [-0.39, 0.29) is 47.3 Å². The topological polar surface area (TPSA) is 77.0 Å². The van der Waals surface area contributed by atoms with Crippen LogP contribution >= 0.6 is 0 Å². The summed E-state index contributed by atoms with van der Waals surface area (Å²) in [5.41, 5.74) is 0.859. The maximum atomic E-state index is 13.7. The molecule has 2 aliphatic carbocycles. The molecular weight excluding hydrogens is 409 g/mol. The van der Waals surface area contributed by atoms with Crippen LogP contribution in [-0.4, -0.2) is 67.8 Å². The quantitative estimate of drug-likeness (QED) is 0.278. The molecule has 2 bridgehead atoms. The molecule has 32 heavy (non-hydrogen) atoms. The molecule has 1 aromatic carbocycles. The Morgan fingerprint density at radius 3 is 2.47 bits per heavy atom. The standard InChI is InChI=1S/C24H32FN5O2/c1-4-26-24(28-14-19(29(2)3)15-6-5-7-18(25)13-15)27-10-11-30-22(31)20-16-8-9-17(12-16)21(20)23(30)32/h5-9,13,16-17,19-21H,4,10-12,14H2,1-3H3,(H2,26,27,28). The number of rotatable bonds is 8. The minimum Gasteiger partial charge on any atom is -0.357 e. The maximum absolute atomic E-state index is 13.7. The largest absolute Gasteiger partial charge is 0.357 e. The Hall–Kier alpha value is -2.74. The smallest absolute Gasteiger partial charge is 0.233 e. The lowest BCUT2D eigenvalue weighted by atomic mass is 9.85. The molecule has 2 N–H and O–H groups in total. The van der Waals surface area contributed by atoms with Crippen LogP contribution in [0, 0.1) is 29.5 Å². The average Bonchev–Trinajstić information content (AvgIpc) is 3.43. The number of carbonyl (C=O) groups is 2. The summed E-state index contributed by atoms with van der Waals surface area (Å²) in [6, 6.07) is 6.49. The Labute approximate surface area is 188 Å². The van der Waals surface area contributed by atoms with Gasteiger partial charge in [0.15, 0.2) is 5.96 Å². The van der Waals surface area contributed by atoms with Crippen LogP contribution in [0.2, 0.25) is 0 Å². The number of likely N-dealkylation sites (tertiary alicyclic amines) is 1. The highest BCUT2D eigenvalue weighted by Gasteiger charge is 2.58. The van der Waals surface area contributed by atoms with E-state index in [1.54, 1.807) is 6.07 Å². The lowest BCUT2D eigenvalue weighted by molar-refractivity contribution is -0.140. The van der Waals surface area contributed by atoms with Crippen LogP contribution in [0.5, 0.6) is 0 Å². The molecule has 4 rings (SSSR count). The summed E-state index contributed by atoms with van der Waals surface area (Å²) in [5, 5.41) is 6.43. The molecule has 0 radical (unpaired) electrons. The number of benzene rings is 1. The fourth-order valence-corrected chi connectivity index (χ4v) is 5.27. The second-order valence-electron chi connectivity index (χ2n) is 9.01. The van der Waals surface area contributed by atoms with Crippen molar-refractivity contribution in [1.29, 1.82) is 0 Å². The molecule has 5 unspecified atom stereocenters. The Morgan fingerprint density at radius 1 is 1.19 bits per heavy atom. The number of nitrogens with zero attached hydrogens (tertiary/aromatic N) is 3. The van der Waals surface area contributed by atoms with Gasteiger partial charge in [-0.25, -0.2) is 4.39 Å². The molecule has 1 heterocycles. The second kappa shape index (κ2) is 9.40. The van der Waals surface area contributed by atoms with E-state index in [1.807, 2.05) is 32.0 Å². The number of likely N-dealkylation sites (N-methyl/N-ethyl adjacent to an activating group) is 1. The first kappa shape index (κ1) is 22.5. The van der Waals surface area contributed by atoms with Crippen molar-refractivity contribution >= 4 is 17.8 Å². The summed E-state index contributed by atoms with van der Waals surface area (Å²) >= 11 is 0. The van der Waals surface area contributed by atoms with E-state index in [1.165, 1.54) is 17.0 Å². The number of halogens is 1. The van der Waals surface area contributed by atoms with Crippen LogP contribution in [0.25, 0.3) is 0 Å². The molecule has 2 amide bonds. The molecule has 1 aromatic rings. The Kier molecular flexibility index (Phi) is 6.60. The van der Waals surface area contributed by atoms with Gasteiger partial charge in [-0.2, -0.15) is 0 Å². The summed E-state index contributed by atoms with van der Waals surface area (Å²) in [4.78, 5) is 33.7. The first-order valence-corrected chi connectivity index (χ1v) is 11.4. The van der Waals surface area contributed by atoms with E-state index in [2.05, 4.69) is 27.8 Å². The highest BCUT2D eigenvalue weighted by atomic mass is 19.1. The molecule has 8 heteroatoms. The molecule has 0 spiro atoms. The number of hydrogen-bond acceptors (Lipinski definition) is 4. The Balaban J connectivity index is 1.36. The summed E-state index contributed by atoms with van der Waals surface area (Å²) < 4.78 is 13.7. The molecule has 0 aromatic heterocycles. The van der Waals surface area contributed by atoms with Gasteiger partial charge < -0.3 is 15.5 Å². The molecule has 1 saturated heterocycles. The monoisotopic (exact) mass is 441 g/mol. The van der Waals surface area contributed by atoms with Crippen molar-refractivity contribution in [3.63, 3.8) is 0 Å². The number of guanidine groups is 1. The zero-order chi connectivity index (χ0) is 22.8. The van der Waals surface area contributed by atoms with E-state index in [0.29, 0.717) is 32.1 Å². The van der Waals surface area contributed by atoms with E-state index < -0.39 is 0 Å². The molecule has 172 valence electrons. The van der Waals surface area contributed by atoms with Gasteiger partial charge in [-0.1, -0.05) is 24.3 Å². The van der Waals surface area contributed by atoms with Crippen molar-refractivity contribution in [3.05, 3.63) is 47.8 Å². The Bertz CT molecular complexity index is 901. The van der Waals surface area contributed by atoms with Crippen molar-refractivity contribution in [3.8, 4) is 0 Å². The number of imide groups is 1. The third-order valence-corrected chi connectivity index (χ3v) is 6.81.